The van der Waals surface area contributed by atoms with Crippen molar-refractivity contribution in [2.24, 2.45) is 5.41 Å². The first-order valence-corrected chi connectivity index (χ1v) is 6.39. The van der Waals surface area contributed by atoms with Gasteiger partial charge in [0.25, 0.3) is 0 Å². The minimum Gasteiger partial charge on any atom is -0.481 e. The molecule has 0 amide bonds. The van der Waals surface area contributed by atoms with E-state index in [4.69, 9.17) is 9.84 Å². The third-order valence-corrected chi connectivity index (χ3v) is 3.04. The molecule has 2 N–H and O–H groups in total. The number of aliphatic carboxylic acids is 1. The van der Waals surface area contributed by atoms with Gasteiger partial charge in [-0.3, -0.25) is 4.79 Å². The van der Waals surface area contributed by atoms with E-state index in [1.165, 1.54) is 12.8 Å². The maximum Gasteiger partial charge on any atom is 0.309 e. The molecule has 0 aliphatic rings. The Morgan fingerprint density at radius 1 is 1.47 bits per heavy atom. The molecule has 0 bridgehead atoms. The van der Waals surface area contributed by atoms with Gasteiger partial charge in [0.1, 0.15) is 0 Å². The fourth-order valence-electron chi connectivity index (χ4n) is 1.59. The van der Waals surface area contributed by atoms with Crippen LogP contribution >= 0.6 is 0 Å². The largest absolute Gasteiger partial charge is 0.481 e. The van der Waals surface area contributed by atoms with E-state index in [0.717, 1.165) is 13.0 Å². The highest BCUT2D eigenvalue weighted by Crippen LogP contribution is 2.19. The fraction of sp³-hybridized carbons (Fsp3) is 0.923. The standard InChI is InChI=1S/C13H27NO3/c1-5-6-7-11(10-17-4)14-9-8-13(2,3)12(15)16/h11,14H,5-10H2,1-4H3,(H,15,16). The van der Waals surface area contributed by atoms with Crippen LogP contribution in [0.3, 0.4) is 0 Å². The number of carbonyl (C=O) groups is 1. The Morgan fingerprint density at radius 3 is 2.59 bits per heavy atom. The average Bonchev–Trinajstić information content (AvgIpc) is 2.25. The van der Waals surface area contributed by atoms with Crippen molar-refractivity contribution in [1.82, 2.24) is 5.32 Å². The molecule has 0 radical (unpaired) electrons. The van der Waals surface area contributed by atoms with Crippen molar-refractivity contribution in [3.05, 3.63) is 0 Å². The van der Waals surface area contributed by atoms with Crippen LogP contribution in [0.5, 0.6) is 0 Å². The third-order valence-electron chi connectivity index (χ3n) is 3.04. The maximum absolute atomic E-state index is 10.9. The Balaban J connectivity index is 3.92. The Bertz CT molecular complexity index is 217. The number of carboxylic acids is 1. The number of hydrogen-bond acceptors (Lipinski definition) is 3. The van der Waals surface area contributed by atoms with Crippen molar-refractivity contribution in [2.45, 2.75) is 52.5 Å². The molecule has 0 saturated carbocycles. The predicted octanol–water partition coefficient (Wildman–Crippen LogP) is 2.28. The van der Waals surface area contributed by atoms with E-state index >= 15 is 0 Å². The number of carboxylic acid groups (broad SMARTS) is 1. The monoisotopic (exact) mass is 245 g/mol. The lowest BCUT2D eigenvalue weighted by atomic mass is 9.89. The number of hydrogen-bond donors (Lipinski definition) is 2. The molecule has 102 valence electrons. The zero-order valence-corrected chi connectivity index (χ0v) is 11.6. The molecule has 4 nitrogen and oxygen atoms in total. The molecule has 0 saturated heterocycles. The summed E-state index contributed by atoms with van der Waals surface area (Å²) in [6.45, 7) is 7.09. The second-order valence-corrected chi connectivity index (χ2v) is 5.19. The summed E-state index contributed by atoms with van der Waals surface area (Å²) in [7, 11) is 1.70. The molecule has 0 heterocycles. The molecular formula is C13H27NO3. The van der Waals surface area contributed by atoms with Crippen LogP contribution in [0.15, 0.2) is 0 Å². The Kier molecular flexibility index (Phi) is 8.17. The Labute approximate surface area is 105 Å². The van der Waals surface area contributed by atoms with E-state index in [-0.39, 0.29) is 0 Å². The SMILES string of the molecule is CCCCC(COC)NCCC(C)(C)C(=O)O. The number of methoxy groups -OCH3 is 1. The van der Waals surface area contributed by atoms with Gasteiger partial charge in [-0.1, -0.05) is 19.8 Å². The lowest BCUT2D eigenvalue weighted by Crippen LogP contribution is -2.37. The molecule has 0 aliphatic carbocycles. The summed E-state index contributed by atoms with van der Waals surface area (Å²) >= 11 is 0. The van der Waals surface area contributed by atoms with E-state index in [1.54, 1.807) is 21.0 Å². The predicted molar refractivity (Wildman–Crippen MR) is 69.2 cm³/mol. The third kappa shape index (κ3) is 7.34. The van der Waals surface area contributed by atoms with Crippen LogP contribution in [0.4, 0.5) is 0 Å². The molecule has 4 heteroatoms. The van der Waals surface area contributed by atoms with Gasteiger partial charge in [-0.25, -0.2) is 0 Å². The molecule has 0 aromatic carbocycles. The quantitative estimate of drug-likeness (QED) is 0.620. The first kappa shape index (κ1) is 16.4. The van der Waals surface area contributed by atoms with Crippen LogP contribution < -0.4 is 5.32 Å². The summed E-state index contributed by atoms with van der Waals surface area (Å²) in [6, 6.07) is 0.338. The normalized spacial score (nSPS) is 13.6. The van der Waals surface area contributed by atoms with Gasteiger partial charge in [-0.05, 0) is 33.2 Å². The van der Waals surface area contributed by atoms with Crippen LogP contribution in [0, 0.1) is 5.41 Å². The number of nitrogens with one attached hydrogen (secondary N) is 1. The lowest BCUT2D eigenvalue weighted by Gasteiger charge is -2.22. The maximum atomic E-state index is 10.9. The average molecular weight is 245 g/mol. The minimum atomic E-state index is -0.740. The summed E-state index contributed by atoms with van der Waals surface area (Å²) in [5.41, 5.74) is -0.657. The molecule has 1 unspecified atom stereocenters. The van der Waals surface area contributed by atoms with Crippen molar-refractivity contribution < 1.29 is 14.6 Å². The van der Waals surface area contributed by atoms with Crippen LogP contribution in [0.25, 0.3) is 0 Å². The van der Waals surface area contributed by atoms with E-state index in [9.17, 15) is 4.79 Å². The molecule has 0 aliphatic heterocycles. The molecule has 0 aromatic heterocycles. The summed E-state index contributed by atoms with van der Waals surface area (Å²) in [5.74, 6) is -0.740. The highest BCUT2D eigenvalue weighted by atomic mass is 16.5. The molecule has 0 aromatic rings. The number of ether oxygens (including phenoxy) is 1. The smallest absolute Gasteiger partial charge is 0.309 e. The number of rotatable bonds is 10. The second kappa shape index (κ2) is 8.48. The van der Waals surface area contributed by atoms with Crippen molar-refractivity contribution in [3.63, 3.8) is 0 Å². The van der Waals surface area contributed by atoms with E-state index in [1.807, 2.05) is 0 Å². The highest BCUT2D eigenvalue weighted by Gasteiger charge is 2.26. The summed E-state index contributed by atoms with van der Waals surface area (Å²) in [4.78, 5) is 10.9. The Morgan fingerprint density at radius 2 is 2.12 bits per heavy atom. The van der Waals surface area contributed by atoms with Crippen molar-refractivity contribution in [2.75, 3.05) is 20.3 Å². The lowest BCUT2D eigenvalue weighted by molar-refractivity contribution is -0.147. The van der Waals surface area contributed by atoms with Crippen LogP contribution in [-0.2, 0) is 9.53 Å². The molecule has 0 spiro atoms. The van der Waals surface area contributed by atoms with Gasteiger partial charge in [0.2, 0.25) is 0 Å². The molecule has 1 atom stereocenters. The fourth-order valence-corrected chi connectivity index (χ4v) is 1.59. The summed E-state index contributed by atoms with van der Waals surface area (Å²) in [5, 5.41) is 12.4. The molecule has 0 rings (SSSR count). The summed E-state index contributed by atoms with van der Waals surface area (Å²) in [6.07, 6.45) is 4.05. The summed E-state index contributed by atoms with van der Waals surface area (Å²) < 4.78 is 5.15. The molecule has 17 heavy (non-hydrogen) atoms. The zero-order valence-electron chi connectivity index (χ0n) is 11.6. The van der Waals surface area contributed by atoms with Gasteiger partial charge >= 0.3 is 5.97 Å². The van der Waals surface area contributed by atoms with Crippen molar-refractivity contribution >= 4 is 5.97 Å². The van der Waals surface area contributed by atoms with Crippen LogP contribution in [0.2, 0.25) is 0 Å². The van der Waals surface area contributed by atoms with Crippen LogP contribution in [-0.4, -0.2) is 37.4 Å². The van der Waals surface area contributed by atoms with Gasteiger partial charge < -0.3 is 15.2 Å². The minimum absolute atomic E-state index is 0.338. The molecule has 0 fully saturated rings. The van der Waals surface area contributed by atoms with Gasteiger partial charge in [0.15, 0.2) is 0 Å². The highest BCUT2D eigenvalue weighted by molar-refractivity contribution is 5.73. The van der Waals surface area contributed by atoms with E-state index < -0.39 is 11.4 Å². The van der Waals surface area contributed by atoms with E-state index in [0.29, 0.717) is 19.1 Å². The van der Waals surface area contributed by atoms with Crippen molar-refractivity contribution in [1.29, 1.82) is 0 Å². The first-order valence-electron chi connectivity index (χ1n) is 6.39. The topological polar surface area (TPSA) is 58.6 Å². The Hall–Kier alpha value is -0.610. The van der Waals surface area contributed by atoms with E-state index in [2.05, 4.69) is 12.2 Å². The van der Waals surface area contributed by atoms with Gasteiger partial charge in [0.05, 0.1) is 12.0 Å². The zero-order chi connectivity index (χ0) is 13.3. The van der Waals surface area contributed by atoms with Gasteiger partial charge in [0, 0.05) is 13.2 Å². The van der Waals surface area contributed by atoms with Crippen LogP contribution in [0.1, 0.15) is 46.5 Å². The van der Waals surface area contributed by atoms with Crippen molar-refractivity contribution in [3.8, 4) is 0 Å². The first-order chi connectivity index (χ1) is 7.94. The second-order valence-electron chi connectivity index (χ2n) is 5.19. The molecular weight excluding hydrogens is 218 g/mol. The van der Waals surface area contributed by atoms with Gasteiger partial charge in [-0.2, -0.15) is 0 Å². The van der Waals surface area contributed by atoms with Gasteiger partial charge in [-0.15, -0.1) is 0 Å². The number of unbranched alkanes of at least 4 members (excludes halogenated alkanes) is 1.